The van der Waals surface area contributed by atoms with Crippen LogP contribution in [-0.2, 0) is 21.4 Å². The highest BCUT2D eigenvalue weighted by molar-refractivity contribution is 7.10. The molecule has 1 aromatic heterocycles. The summed E-state index contributed by atoms with van der Waals surface area (Å²) in [7, 11) is 1.44. The summed E-state index contributed by atoms with van der Waals surface area (Å²) < 4.78 is 5.11. The molecule has 0 amide bonds. The summed E-state index contributed by atoms with van der Waals surface area (Å²) in [5, 5.41) is 11.2. The van der Waals surface area contributed by atoms with E-state index in [1.165, 1.54) is 12.7 Å². The minimum atomic E-state index is -0.914. The third kappa shape index (κ3) is 2.28. The standard InChI is InChI=1S/C12H18O3S/c1-5-8-6-7-16-10(8)12(2,3)9(15-4)11(13)14/h6-7,9H,5H2,1-4H3,(H,13,14). The summed E-state index contributed by atoms with van der Waals surface area (Å²) in [6, 6.07) is 2.05. The van der Waals surface area contributed by atoms with Gasteiger partial charge >= 0.3 is 5.97 Å². The van der Waals surface area contributed by atoms with E-state index in [1.807, 2.05) is 19.2 Å². The molecule has 0 fully saturated rings. The first-order chi connectivity index (χ1) is 7.45. The van der Waals surface area contributed by atoms with E-state index in [0.29, 0.717) is 0 Å². The summed E-state index contributed by atoms with van der Waals surface area (Å²) in [6.45, 7) is 5.91. The minimum Gasteiger partial charge on any atom is -0.479 e. The quantitative estimate of drug-likeness (QED) is 0.863. The number of carboxylic acids is 1. The number of carbonyl (C=O) groups is 1. The van der Waals surface area contributed by atoms with E-state index in [0.717, 1.165) is 11.3 Å². The number of rotatable bonds is 5. The van der Waals surface area contributed by atoms with Crippen LogP contribution in [0, 0.1) is 0 Å². The maximum Gasteiger partial charge on any atom is 0.333 e. The molecule has 0 aliphatic heterocycles. The minimum absolute atomic E-state index is 0.500. The number of hydrogen-bond donors (Lipinski definition) is 1. The van der Waals surface area contributed by atoms with Crippen LogP contribution in [0.1, 0.15) is 31.2 Å². The number of carboxylic acid groups (broad SMARTS) is 1. The van der Waals surface area contributed by atoms with E-state index in [4.69, 9.17) is 9.84 Å². The fourth-order valence-corrected chi connectivity index (χ4v) is 3.15. The molecule has 0 saturated heterocycles. The molecule has 0 aliphatic carbocycles. The third-order valence-corrected chi connectivity index (χ3v) is 4.12. The molecular weight excluding hydrogens is 224 g/mol. The van der Waals surface area contributed by atoms with Gasteiger partial charge in [0.25, 0.3) is 0 Å². The predicted molar refractivity (Wildman–Crippen MR) is 65.2 cm³/mol. The SMILES string of the molecule is CCc1ccsc1C(C)(C)C(OC)C(=O)O. The van der Waals surface area contributed by atoms with E-state index in [9.17, 15) is 4.79 Å². The van der Waals surface area contributed by atoms with Crippen molar-refractivity contribution in [1.82, 2.24) is 0 Å². The van der Waals surface area contributed by atoms with Crippen LogP contribution in [0.15, 0.2) is 11.4 Å². The molecular formula is C12H18O3S. The molecule has 0 radical (unpaired) electrons. The molecule has 1 heterocycles. The Balaban J connectivity index is 3.13. The van der Waals surface area contributed by atoms with Crippen molar-refractivity contribution in [2.24, 2.45) is 0 Å². The second-order valence-corrected chi connectivity index (χ2v) is 5.22. The highest BCUT2D eigenvalue weighted by atomic mass is 32.1. The number of methoxy groups -OCH3 is 1. The van der Waals surface area contributed by atoms with Gasteiger partial charge in [0.1, 0.15) is 0 Å². The highest BCUT2D eigenvalue weighted by Gasteiger charge is 2.39. The first kappa shape index (κ1) is 13.2. The molecule has 0 aromatic carbocycles. The molecule has 1 atom stereocenters. The molecule has 0 saturated carbocycles. The molecule has 1 unspecified atom stereocenters. The summed E-state index contributed by atoms with van der Waals surface area (Å²) in [5.74, 6) is -0.914. The van der Waals surface area contributed by atoms with Gasteiger partial charge in [0.2, 0.25) is 0 Å². The third-order valence-electron chi connectivity index (χ3n) is 2.83. The first-order valence-electron chi connectivity index (χ1n) is 5.27. The summed E-state index contributed by atoms with van der Waals surface area (Å²) in [4.78, 5) is 12.3. The van der Waals surface area contributed by atoms with Crippen molar-refractivity contribution in [2.75, 3.05) is 7.11 Å². The van der Waals surface area contributed by atoms with Gasteiger partial charge in [-0.15, -0.1) is 11.3 Å². The second kappa shape index (κ2) is 4.97. The van der Waals surface area contributed by atoms with Crippen LogP contribution in [0.25, 0.3) is 0 Å². The van der Waals surface area contributed by atoms with Crippen molar-refractivity contribution in [2.45, 2.75) is 38.7 Å². The fourth-order valence-electron chi connectivity index (χ4n) is 2.00. The van der Waals surface area contributed by atoms with Crippen LogP contribution in [0.2, 0.25) is 0 Å². The molecule has 0 spiro atoms. The lowest BCUT2D eigenvalue weighted by Crippen LogP contribution is -2.41. The lowest BCUT2D eigenvalue weighted by molar-refractivity contribution is -0.152. The Bertz CT molecular complexity index is 368. The second-order valence-electron chi connectivity index (χ2n) is 4.30. The van der Waals surface area contributed by atoms with Crippen molar-refractivity contribution in [3.8, 4) is 0 Å². The zero-order chi connectivity index (χ0) is 12.3. The molecule has 90 valence electrons. The lowest BCUT2D eigenvalue weighted by atomic mass is 9.82. The maximum atomic E-state index is 11.2. The Morgan fingerprint density at radius 3 is 2.69 bits per heavy atom. The number of ether oxygens (including phenoxy) is 1. The Kier molecular flexibility index (Phi) is 4.10. The highest BCUT2D eigenvalue weighted by Crippen LogP contribution is 2.35. The van der Waals surface area contributed by atoms with Gasteiger partial charge in [-0.2, -0.15) is 0 Å². The van der Waals surface area contributed by atoms with Crippen molar-refractivity contribution in [3.63, 3.8) is 0 Å². The molecule has 1 N–H and O–H groups in total. The number of aliphatic carboxylic acids is 1. The van der Waals surface area contributed by atoms with Crippen LogP contribution in [0.4, 0.5) is 0 Å². The van der Waals surface area contributed by atoms with Crippen LogP contribution < -0.4 is 0 Å². The van der Waals surface area contributed by atoms with Gasteiger partial charge in [-0.25, -0.2) is 4.79 Å². The van der Waals surface area contributed by atoms with E-state index < -0.39 is 17.5 Å². The van der Waals surface area contributed by atoms with Gasteiger partial charge in [0.05, 0.1) is 0 Å². The predicted octanol–water partition coefficient (Wildman–Crippen LogP) is 2.69. The zero-order valence-corrected chi connectivity index (χ0v) is 10.9. The fraction of sp³-hybridized carbons (Fsp3) is 0.583. The van der Waals surface area contributed by atoms with E-state index in [1.54, 1.807) is 11.3 Å². The molecule has 1 aromatic rings. The van der Waals surface area contributed by atoms with E-state index >= 15 is 0 Å². The summed E-state index contributed by atoms with van der Waals surface area (Å²) in [5.41, 5.74) is 0.707. The molecule has 1 rings (SSSR count). The first-order valence-corrected chi connectivity index (χ1v) is 6.15. The summed E-state index contributed by atoms with van der Waals surface area (Å²) in [6.07, 6.45) is 0.106. The van der Waals surface area contributed by atoms with E-state index in [2.05, 4.69) is 13.0 Å². The van der Waals surface area contributed by atoms with Gasteiger partial charge in [0, 0.05) is 17.4 Å². The number of thiophene rings is 1. The average molecular weight is 242 g/mol. The van der Waals surface area contributed by atoms with Gasteiger partial charge in [-0.3, -0.25) is 0 Å². The van der Waals surface area contributed by atoms with Crippen LogP contribution in [0.5, 0.6) is 0 Å². The number of aryl methyl sites for hydroxylation is 1. The Hall–Kier alpha value is -0.870. The average Bonchev–Trinajstić information content (AvgIpc) is 2.65. The Morgan fingerprint density at radius 1 is 1.62 bits per heavy atom. The van der Waals surface area contributed by atoms with E-state index in [-0.39, 0.29) is 0 Å². The lowest BCUT2D eigenvalue weighted by Gasteiger charge is -2.30. The number of hydrogen-bond acceptors (Lipinski definition) is 3. The van der Waals surface area contributed by atoms with Crippen LogP contribution in [0.3, 0.4) is 0 Å². The Labute approximate surface area is 100 Å². The van der Waals surface area contributed by atoms with Crippen molar-refractivity contribution in [1.29, 1.82) is 0 Å². The van der Waals surface area contributed by atoms with Crippen molar-refractivity contribution < 1.29 is 14.6 Å². The largest absolute Gasteiger partial charge is 0.479 e. The van der Waals surface area contributed by atoms with Crippen LogP contribution in [-0.4, -0.2) is 24.3 Å². The van der Waals surface area contributed by atoms with Crippen molar-refractivity contribution in [3.05, 3.63) is 21.9 Å². The molecule has 4 heteroatoms. The molecule has 16 heavy (non-hydrogen) atoms. The zero-order valence-electron chi connectivity index (χ0n) is 10.1. The summed E-state index contributed by atoms with van der Waals surface area (Å²) >= 11 is 1.60. The molecule has 0 bridgehead atoms. The van der Waals surface area contributed by atoms with Crippen molar-refractivity contribution >= 4 is 17.3 Å². The van der Waals surface area contributed by atoms with Crippen LogP contribution >= 0.6 is 11.3 Å². The molecule has 0 aliphatic rings. The van der Waals surface area contributed by atoms with Gasteiger partial charge in [-0.05, 0) is 23.4 Å². The topological polar surface area (TPSA) is 46.5 Å². The smallest absolute Gasteiger partial charge is 0.333 e. The van der Waals surface area contributed by atoms with Gasteiger partial charge in [0.15, 0.2) is 6.10 Å². The van der Waals surface area contributed by atoms with Gasteiger partial charge < -0.3 is 9.84 Å². The normalized spacial score (nSPS) is 13.8. The monoisotopic (exact) mass is 242 g/mol. The Morgan fingerprint density at radius 2 is 2.25 bits per heavy atom. The van der Waals surface area contributed by atoms with Gasteiger partial charge in [-0.1, -0.05) is 20.8 Å². The maximum absolute atomic E-state index is 11.2. The molecule has 3 nitrogen and oxygen atoms in total.